The largest absolute Gasteiger partial charge is 0.391 e. The molecule has 0 saturated carbocycles. The van der Waals surface area contributed by atoms with Crippen LogP contribution in [-0.4, -0.2) is 38.8 Å². The first-order chi connectivity index (χ1) is 12.0. The van der Waals surface area contributed by atoms with E-state index in [0.717, 1.165) is 55.1 Å². The zero-order chi connectivity index (χ0) is 17.6. The fourth-order valence-corrected chi connectivity index (χ4v) is 3.90. The van der Waals surface area contributed by atoms with E-state index in [9.17, 15) is 18.7 Å². The highest BCUT2D eigenvalue weighted by Gasteiger charge is 2.39. The normalized spacial score (nSPS) is 22.9. The number of H-pyrrole nitrogens is 1. The Morgan fingerprint density at radius 2 is 2.08 bits per heavy atom. The monoisotopic (exact) mass is 347 g/mol. The van der Waals surface area contributed by atoms with E-state index in [4.69, 9.17) is 0 Å². The zero-order valence-electron chi connectivity index (χ0n) is 13.6. The van der Waals surface area contributed by atoms with Crippen LogP contribution in [0.15, 0.2) is 18.2 Å². The summed E-state index contributed by atoms with van der Waals surface area (Å²) in [6, 6.07) is 2.49. The molecule has 1 aliphatic carbocycles. The number of amides is 1. The number of carbonyl (C=O) groups is 1. The van der Waals surface area contributed by atoms with Gasteiger partial charge in [-0.25, -0.2) is 8.78 Å². The Morgan fingerprint density at radius 3 is 2.92 bits per heavy atom. The Bertz CT molecular complexity index is 821. The lowest BCUT2D eigenvalue weighted by Gasteiger charge is -2.25. The van der Waals surface area contributed by atoms with Crippen molar-refractivity contribution in [3.8, 4) is 0 Å². The second kappa shape index (κ2) is 6.22. The number of carbonyl (C=O) groups excluding carboxylic acids is 1. The van der Waals surface area contributed by atoms with E-state index in [-0.39, 0.29) is 24.4 Å². The summed E-state index contributed by atoms with van der Waals surface area (Å²) in [4.78, 5) is 14.4. The van der Waals surface area contributed by atoms with Gasteiger partial charge in [-0.1, -0.05) is 0 Å². The maximum absolute atomic E-state index is 14.2. The van der Waals surface area contributed by atoms with Crippen molar-refractivity contribution in [2.75, 3.05) is 6.54 Å². The highest BCUT2D eigenvalue weighted by Crippen LogP contribution is 2.36. The van der Waals surface area contributed by atoms with Gasteiger partial charge in [0.15, 0.2) is 5.69 Å². The molecule has 2 atom stereocenters. The van der Waals surface area contributed by atoms with Crippen LogP contribution in [0.1, 0.15) is 52.6 Å². The number of nitrogens with one attached hydrogen (secondary N) is 1. The first-order valence-corrected chi connectivity index (χ1v) is 8.54. The van der Waals surface area contributed by atoms with Crippen LogP contribution >= 0.6 is 0 Å². The third-order valence-electron chi connectivity index (χ3n) is 5.12. The second-order valence-corrected chi connectivity index (χ2v) is 6.77. The summed E-state index contributed by atoms with van der Waals surface area (Å²) < 4.78 is 27.8. The van der Waals surface area contributed by atoms with E-state index in [1.807, 2.05) is 0 Å². The zero-order valence-corrected chi connectivity index (χ0v) is 13.6. The van der Waals surface area contributed by atoms with Crippen LogP contribution in [0.5, 0.6) is 0 Å². The summed E-state index contributed by atoms with van der Waals surface area (Å²) >= 11 is 0. The molecular weight excluding hydrogens is 328 g/mol. The van der Waals surface area contributed by atoms with Gasteiger partial charge in [0.05, 0.1) is 12.1 Å². The van der Waals surface area contributed by atoms with Crippen molar-refractivity contribution in [1.82, 2.24) is 15.1 Å². The first-order valence-electron chi connectivity index (χ1n) is 8.54. The molecule has 0 radical (unpaired) electrons. The number of nitrogens with zero attached hydrogens (tertiary/aromatic N) is 2. The number of fused-ring (bicyclic) bond motifs is 1. The Balaban J connectivity index is 1.69. The lowest BCUT2D eigenvalue weighted by molar-refractivity contribution is 0.0706. The molecule has 2 aliphatic rings. The Morgan fingerprint density at radius 1 is 1.28 bits per heavy atom. The van der Waals surface area contributed by atoms with Gasteiger partial charge in [0.1, 0.15) is 11.6 Å². The molecule has 1 aromatic heterocycles. The average molecular weight is 347 g/mol. The molecule has 132 valence electrons. The molecule has 7 heteroatoms. The number of β-amino-alcohol motifs (C(OH)–C–C–N with tert-alkyl or cyclic N) is 1. The van der Waals surface area contributed by atoms with Gasteiger partial charge in [0.2, 0.25) is 0 Å². The predicted molar refractivity (Wildman–Crippen MR) is 86.0 cm³/mol. The molecule has 2 heterocycles. The van der Waals surface area contributed by atoms with Crippen molar-refractivity contribution < 1.29 is 18.7 Å². The number of hydrogen-bond donors (Lipinski definition) is 2. The molecule has 1 amide bonds. The van der Waals surface area contributed by atoms with Crippen molar-refractivity contribution in [1.29, 1.82) is 0 Å². The van der Waals surface area contributed by atoms with Crippen LogP contribution in [0.2, 0.25) is 0 Å². The van der Waals surface area contributed by atoms with E-state index in [1.54, 1.807) is 0 Å². The molecule has 2 unspecified atom stereocenters. The van der Waals surface area contributed by atoms with Crippen LogP contribution in [0, 0.1) is 11.6 Å². The molecule has 5 nitrogen and oxygen atoms in total. The molecule has 1 saturated heterocycles. The SMILES string of the molecule is O=C(c1n[nH]c2c1CCCC2)N1CC(O)CC1c1cc(F)ccc1F. The van der Waals surface area contributed by atoms with Gasteiger partial charge in [-0.3, -0.25) is 9.89 Å². The number of likely N-dealkylation sites (tertiary alicyclic amines) is 1. The fraction of sp³-hybridized carbons (Fsp3) is 0.444. The highest BCUT2D eigenvalue weighted by atomic mass is 19.1. The molecule has 4 rings (SSSR count). The third-order valence-corrected chi connectivity index (χ3v) is 5.12. The van der Waals surface area contributed by atoms with Crippen molar-refractivity contribution in [3.05, 3.63) is 52.3 Å². The van der Waals surface area contributed by atoms with Gasteiger partial charge < -0.3 is 10.0 Å². The van der Waals surface area contributed by atoms with Crippen molar-refractivity contribution >= 4 is 5.91 Å². The number of benzene rings is 1. The Kier molecular flexibility index (Phi) is 4.03. The number of rotatable bonds is 2. The van der Waals surface area contributed by atoms with Crippen molar-refractivity contribution in [2.45, 2.75) is 44.2 Å². The van der Waals surface area contributed by atoms with Gasteiger partial charge in [-0.05, 0) is 50.3 Å². The molecular formula is C18H19F2N3O2. The van der Waals surface area contributed by atoms with E-state index < -0.39 is 23.8 Å². The number of halogens is 2. The maximum atomic E-state index is 14.2. The summed E-state index contributed by atoms with van der Waals surface area (Å²) in [6.07, 6.45) is 3.10. The number of aliphatic hydroxyl groups is 1. The topological polar surface area (TPSA) is 69.2 Å². The Labute approximate surface area is 143 Å². The Hall–Kier alpha value is -2.28. The van der Waals surface area contributed by atoms with Crippen LogP contribution < -0.4 is 0 Å². The molecule has 2 aromatic rings. The van der Waals surface area contributed by atoms with E-state index >= 15 is 0 Å². The fourth-order valence-electron chi connectivity index (χ4n) is 3.90. The van der Waals surface area contributed by atoms with Crippen molar-refractivity contribution in [3.63, 3.8) is 0 Å². The van der Waals surface area contributed by atoms with E-state index in [1.165, 1.54) is 4.90 Å². The first kappa shape index (κ1) is 16.2. The summed E-state index contributed by atoms with van der Waals surface area (Å²) in [5, 5.41) is 17.1. The number of hydrogen-bond acceptors (Lipinski definition) is 3. The molecule has 1 aliphatic heterocycles. The molecule has 2 N–H and O–H groups in total. The molecule has 1 aromatic carbocycles. The van der Waals surface area contributed by atoms with Crippen LogP contribution in [0.25, 0.3) is 0 Å². The quantitative estimate of drug-likeness (QED) is 0.877. The van der Waals surface area contributed by atoms with Gasteiger partial charge in [0, 0.05) is 23.4 Å². The van der Waals surface area contributed by atoms with Crippen LogP contribution in [0.3, 0.4) is 0 Å². The lowest BCUT2D eigenvalue weighted by Crippen LogP contribution is -2.33. The lowest BCUT2D eigenvalue weighted by atomic mass is 9.95. The van der Waals surface area contributed by atoms with E-state index in [2.05, 4.69) is 10.2 Å². The molecule has 0 spiro atoms. The number of aryl methyl sites for hydroxylation is 1. The minimum Gasteiger partial charge on any atom is -0.391 e. The molecule has 0 bridgehead atoms. The minimum absolute atomic E-state index is 0.0844. The minimum atomic E-state index is -0.772. The average Bonchev–Trinajstić information content (AvgIpc) is 3.20. The van der Waals surface area contributed by atoms with Crippen LogP contribution in [0.4, 0.5) is 8.78 Å². The highest BCUT2D eigenvalue weighted by molar-refractivity contribution is 5.94. The predicted octanol–water partition coefficient (Wildman–Crippen LogP) is 2.51. The van der Waals surface area contributed by atoms with Gasteiger partial charge in [-0.15, -0.1) is 0 Å². The molecule has 1 fully saturated rings. The van der Waals surface area contributed by atoms with Gasteiger partial charge in [0.25, 0.3) is 5.91 Å². The standard InChI is InChI=1S/C18H19F2N3O2/c19-10-5-6-14(20)13(7-10)16-8-11(24)9-23(16)18(25)17-12-3-1-2-4-15(12)21-22-17/h5-7,11,16,24H,1-4,8-9H2,(H,21,22). The van der Waals surface area contributed by atoms with Crippen LogP contribution in [-0.2, 0) is 12.8 Å². The maximum Gasteiger partial charge on any atom is 0.275 e. The number of aliphatic hydroxyl groups excluding tert-OH is 1. The third kappa shape index (κ3) is 2.82. The summed E-state index contributed by atoms with van der Waals surface area (Å²) in [7, 11) is 0. The number of aromatic nitrogens is 2. The van der Waals surface area contributed by atoms with E-state index in [0.29, 0.717) is 5.69 Å². The number of aromatic amines is 1. The summed E-state index contributed by atoms with van der Waals surface area (Å²) in [5.41, 5.74) is 2.32. The smallest absolute Gasteiger partial charge is 0.275 e. The molecule has 25 heavy (non-hydrogen) atoms. The summed E-state index contributed by atoms with van der Waals surface area (Å²) in [5.74, 6) is -1.49. The summed E-state index contributed by atoms with van der Waals surface area (Å²) in [6.45, 7) is 0.0844. The van der Waals surface area contributed by atoms with Crippen molar-refractivity contribution in [2.24, 2.45) is 0 Å². The van der Waals surface area contributed by atoms with Gasteiger partial charge in [-0.2, -0.15) is 5.10 Å². The second-order valence-electron chi connectivity index (χ2n) is 6.77. The van der Waals surface area contributed by atoms with Gasteiger partial charge >= 0.3 is 0 Å².